The predicted molar refractivity (Wildman–Crippen MR) is 180 cm³/mol. The number of anilines is 2. The van der Waals surface area contributed by atoms with Gasteiger partial charge in [0, 0.05) is 66.2 Å². The minimum Gasteiger partial charge on any atom is -0.508 e. The van der Waals surface area contributed by atoms with E-state index in [2.05, 4.69) is 43.1 Å². The molecule has 1 aromatic carbocycles. The van der Waals surface area contributed by atoms with Crippen LogP contribution in [0.1, 0.15) is 40.5 Å². The van der Waals surface area contributed by atoms with Crippen molar-refractivity contribution in [3.63, 3.8) is 0 Å². The third-order valence-electron chi connectivity index (χ3n) is 8.61. The molecule has 11 nitrogen and oxygen atoms in total. The van der Waals surface area contributed by atoms with Crippen molar-refractivity contribution in [3.8, 4) is 11.8 Å². The Hall–Kier alpha value is -5.04. The number of hydrogen-bond donors (Lipinski definition) is 4. The molecule has 1 aliphatic rings. The molecule has 15 heteroatoms. The number of alkyl halides is 3. The zero-order valence-corrected chi connectivity index (χ0v) is 27.1. The van der Waals surface area contributed by atoms with Gasteiger partial charge < -0.3 is 25.4 Å². The number of halogens is 3. The summed E-state index contributed by atoms with van der Waals surface area (Å²) in [5.41, 5.74) is 2.47. The number of aliphatic hydroxyl groups is 1. The Labute approximate surface area is 283 Å². The normalized spacial score (nSPS) is 14.9. The molecule has 6 rings (SSSR count). The number of aromatic hydroxyl groups is 1. The number of likely N-dealkylation sites (tertiary alicyclic amines) is 1. The van der Waals surface area contributed by atoms with Crippen LogP contribution in [-0.2, 0) is 24.3 Å². The molecule has 0 aliphatic carbocycles. The van der Waals surface area contributed by atoms with E-state index < -0.39 is 18.5 Å². The molecule has 1 unspecified atom stereocenters. The number of pyridine rings is 1. The second-order valence-corrected chi connectivity index (χ2v) is 13.1. The molecule has 1 atom stereocenters. The van der Waals surface area contributed by atoms with Gasteiger partial charge in [0.05, 0.1) is 23.9 Å². The molecule has 1 aliphatic heterocycles. The average molecular weight is 691 g/mol. The first-order valence-electron chi connectivity index (χ1n) is 15.6. The van der Waals surface area contributed by atoms with Crippen LogP contribution in [0.4, 0.5) is 24.8 Å². The highest BCUT2D eigenvalue weighted by molar-refractivity contribution is 7.18. The zero-order chi connectivity index (χ0) is 34.7. The Kier molecular flexibility index (Phi) is 9.81. The summed E-state index contributed by atoms with van der Waals surface area (Å²) < 4.78 is 40.6. The number of piperidine rings is 1. The zero-order valence-electron chi connectivity index (χ0n) is 26.2. The van der Waals surface area contributed by atoms with E-state index in [0.29, 0.717) is 50.7 Å². The highest BCUT2D eigenvalue weighted by Crippen LogP contribution is 2.34. The standard InChI is InChI=1S/C34H33F3N8O3S/c1-2-31(48)43-30-4-3-20(15-39-30)23(18-46)17-45-25(14-38)10-21-9-22(29(47)12-28(21)45)16-44-7-5-24(6-8-44)42-32-27-11-26(13-34(35,36)37)49-33(27)41-19-40-32/h2-4,9-12,15,19,23-24,46-47H,1,5-8,13,16-18H2,(H,39,43,48)(H,40,41,42). The number of carbonyl (C=O) groups excluding carboxylic acids is 1. The van der Waals surface area contributed by atoms with Crippen molar-refractivity contribution in [3.05, 3.63) is 83.3 Å². The number of nitrogens with zero attached hydrogens (tertiary/aromatic N) is 6. The SMILES string of the molecule is C=CC(=O)Nc1ccc(C(CO)Cn2c(C#N)cc3cc(CN4CCC(Nc5ncnc6sc(CC(F)(F)F)cc56)CC4)c(O)cc32)cn1. The second kappa shape index (κ2) is 14.2. The molecule has 0 spiro atoms. The van der Waals surface area contributed by atoms with Crippen LogP contribution in [0.25, 0.3) is 21.1 Å². The smallest absolute Gasteiger partial charge is 0.393 e. The lowest BCUT2D eigenvalue weighted by Crippen LogP contribution is -2.38. The Morgan fingerprint density at radius 1 is 1.18 bits per heavy atom. The largest absolute Gasteiger partial charge is 0.508 e. The van der Waals surface area contributed by atoms with Gasteiger partial charge in [0.1, 0.15) is 40.3 Å². The van der Waals surface area contributed by atoms with Crippen LogP contribution < -0.4 is 10.6 Å². The number of rotatable bonds is 11. The number of nitrogens with one attached hydrogen (secondary N) is 2. The van der Waals surface area contributed by atoms with E-state index in [1.54, 1.807) is 35.0 Å². The van der Waals surface area contributed by atoms with Crippen molar-refractivity contribution in [2.75, 3.05) is 30.3 Å². The maximum Gasteiger partial charge on any atom is 0.393 e. The second-order valence-electron chi connectivity index (χ2n) is 12.0. The first-order chi connectivity index (χ1) is 23.5. The van der Waals surface area contributed by atoms with Crippen LogP contribution in [0.2, 0.25) is 0 Å². The van der Waals surface area contributed by atoms with Gasteiger partial charge in [0.15, 0.2) is 0 Å². The fraction of sp³-hybridized carbons (Fsp3) is 0.324. The topological polar surface area (TPSA) is 152 Å². The number of amides is 1. The summed E-state index contributed by atoms with van der Waals surface area (Å²) in [5.74, 6) is 0.178. The molecule has 4 N–H and O–H groups in total. The Morgan fingerprint density at radius 2 is 1.98 bits per heavy atom. The van der Waals surface area contributed by atoms with Gasteiger partial charge in [-0.25, -0.2) is 15.0 Å². The molecule has 1 amide bonds. The lowest BCUT2D eigenvalue weighted by Gasteiger charge is -2.32. The summed E-state index contributed by atoms with van der Waals surface area (Å²) in [6, 6.07) is 12.5. The number of nitriles is 1. The summed E-state index contributed by atoms with van der Waals surface area (Å²) in [6.07, 6.45) is 0.314. The molecule has 254 valence electrons. The molecule has 4 aromatic heterocycles. The number of aliphatic hydroxyl groups excluding tert-OH is 1. The lowest BCUT2D eigenvalue weighted by atomic mass is 10.0. The van der Waals surface area contributed by atoms with Crippen molar-refractivity contribution in [1.29, 1.82) is 5.26 Å². The summed E-state index contributed by atoms with van der Waals surface area (Å²) >= 11 is 1.02. The lowest BCUT2D eigenvalue weighted by molar-refractivity contribution is -0.126. The van der Waals surface area contributed by atoms with Gasteiger partial charge in [0.25, 0.3) is 0 Å². The Bertz CT molecular complexity index is 2030. The number of thiophene rings is 1. The van der Waals surface area contributed by atoms with Crippen LogP contribution >= 0.6 is 11.3 Å². The molecule has 5 heterocycles. The fourth-order valence-corrected chi connectivity index (χ4v) is 7.15. The predicted octanol–water partition coefficient (Wildman–Crippen LogP) is 5.70. The minimum absolute atomic E-state index is 0.0698. The van der Waals surface area contributed by atoms with Gasteiger partial charge in [-0.05, 0) is 48.7 Å². The monoisotopic (exact) mass is 690 g/mol. The third-order valence-corrected chi connectivity index (χ3v) is 9.65. The van der Waals surface area contributed by atoms with Crippen LogP contribution in [0.5, 0.6) is 5.75 Å². The Balaban J connectivity index is 1.11. The van der Waals surface area contributed by atoms with Crippen molar-refractivity contribution < 1.29 is 28.2 Å². The highest BCUT2D eigenvalue weighted by Gasteiger charge is 2.29. The van der Waals surface area contributed by atoms with Gasteiger partial charge in [-0.1, -0.05) is 12.6 Å². The van der Waals surface area contributed by atoms with E-state index in [-0.39, 0.29) is 35.7 Å². The van der Waals surface area contributed by atoms with Gasteiger partial charge in [-0.3, -0.25) is 9.69 Å². The van der Waals surface area contributed by atoms with Crippen molar-refractivity contribution in [2.24, 2.45) is 0 Å². The first-order valence-corrected chi connectivity index (χ1v) is 16.4. The summed E-state index contributed by atoms with van der Waals surface area (Å²) in [7, 11) is 0. The summed E-state index contributed by atoms with van der Waals surface area (Å²) in [5, 5.41) is 38.6. The third kappa shape index (κ3) is 7.83. The van der Waals surface area contributed by atoms with Gasteiger partial charge in [-0.2, -0.15) is 18.4 Å². The molecule has 0 saturated carbocycles. The van der Waals surface area contributed by atoms with Crippen molar-refractivity contribution >= 4 is 50.0 Å². The van der Waals surface area contributed by atoms with Gasteiger partial charge in [-0.15, -0.1) is 11.3 Å². The first kappa shape index (κ1) is 33.8. The van der Waals surface area contributed by atoms with Crippen LogP contribution in [-0.4, -0.2) is 72.5 Å². The number of carbonyl (C=O) groups is 1. The minimum atomic E-state index is -4.29. The highest BCUT2D eigenvalue weighted by atomic mass is 32.1. The van der Waals surface area contributed by atoms with E-state index in [0.717, 1.165) is 48.7 Å². The van der Waals surface area contributed by atoms with E-state index in [4.69, 9.17) is 0 Å². The number of benzene rings is 1. The number of phenols is 1. The molecular weight excluding hydrogens is 657 g/mol. The van der Waals surface area contributed by atoms with Crippen LogP contribution in [0.15, 0.2) is 61.6 Å². The summed E-state index contributed by atoms with van der Waals surface area (Å²) in [6.45, 7) is 5.40. The number of fused-ring (bicyclic) bond motifs is 2. The molecule has 1 fully saturated rings. The van der Waals surface area contributed by atoms with E-state index in [1.165, 1.54) is 12.4 Å². The van der Waals surface area contributed by atoms with Crippen LogP contribution in [0, 0.1) is 11.3 Å². The van der Waals surface area contributed by atoms with E-state index in [9.17, 15) is 33.4 Å². The summed E-state index contributed by atoms with van der Waals surface area (Å²) in [4.78, 5) is 27.2. The number of phenolic OH excluding ortho intramolecular Hbond substituents is 1. The van der Waals surface area contributed by atoms with Crippen molar-refractivity contribution in [1.82, 2.24) is 24.4 Å². The van der Waals surface area contributed by atoms with E-state index >= 15 is 0 Å². The van der Waals surface area contributed by atoms with Crippen molar-refractivity contribution in [2.45, 2.75) is 50.5 Å². The van der Waals surface area contributed by atoms with Crippen LogP contribution in [0.3, 0.4) is 0 Å². The molecule has 0 radical (unpaired) electrons. The Morgan fingerprint density at radius 3 is 2.65 bits per heavy atom. The average Bonchev–Trinajstić information content (AvgIpc) is 3.64. The molecule has 1 saturated heterocycles. The molecule has 5 aromatic rings. The molecular formula is C34H33F3N8O3S. The maximum atomic E-state index is 12.9. The number of hydrogen-bond acceptors (Lipinski definition) is 10. The number of aromatic nitrogens is 4. The molecule has 49 heavy (non-hydrogen) atoms. The quantitative estimate of drug-likeness (QED) is 0.128. The fourth-order valence-electron chi connectivity index (χ4n) is 6.12. The van der Waals surface area contributed by atoms with Gasteiger partial charge >= 0.3 is 6.18 Å². The maximum absolute atomic E-state index is 12.9. The van der Waals surface area contributed by atoms with E-state index in [1.807, 2.05) is 6.07 Å². The molecule has 0 bridgehead atoms. The van der Waals surface area contributed by atoms with Gasteiger partial charge in [0.2, 0.25) is 5.91 Å².